The summed E-state index contributed by atoms with van der Waals surface area (Å²) in [5.41, 5.74) is 0.884. The largest absolute Gasteiger partial charge is 0.474 e. The molecule has 27 heavy (non-hydrogen) atoms. The van der Waals surface area contributed by atoms with Crippen LogP contribution in [0.2, 0.25) is 0 Å². The molecule has 144 valence electrons. The smallest absolute Gasteiger partial charge is 0.315 e. The molecule has 3 rings (SSSR count). The highest BCUT2D eigenvalue weighted by atomic mass is 16.5. The summed E-state index contributed by atoms with van der Waals surface area (Å²) in [6, 6.07) is 6.63. The first kappa shape index (κ1) is 18.8. The third-order valence-corrected chi connectivity index (χ3v) is 4.28. The number of urea groups is 1. The number of rotatable bonds is 8. The van der Waals surface area contributed by atoms with Gasteiger partial charge in [-0.15, -0.1) is 0 Å². The maximum Gasteiger partial charge on any atom is 0.315 e. The molecule has 1 saturated carbocycles. The lowest BCUT2D eigenvalue weighted by molar-refractivity contribution is 0.0926. The molecule has 0 spiro atoms. The van der Waals surface area contributed by atoms with Crippen LogP contribution in [0.5, 0.6) is 5.88 Å². The molecule has 3 N–H and O–H groups in total. The first-order chi connectivity index (χ1) is 13.2. The number of furan rings is 1. The SMILES string of the molecule is O=C(NCCNC(=O)c1ccco1)NCc1ccc(OC2CCCC2)nc1. The number of carbonyl (C=O) groups excluding carboxylic acids is 2. The molecule has 1 fully saturated rings. The van der Waals surface area contributed by atoms with E-state index in [9.17, 15) is 9.59 Å². The Labute approximate surface area is 157 Å². The summed E-state index contributed by atoms with van der Waals surface area (Å²) in [6.45, 7) is 0.980. The molecule has 8 heteroatoms. The van der Waals surface area contributed by atoms with Crippen molar-refractivity contribution in [2.24, 2.45) is 0 Å². The summed E-state index contributed by atoms with van der Waals surface area (Å²) in [4.78, 5) is 27.7. The number of pyridine rings is 1. The zero-order chi connectivity index (χ0) is 18.9. The summed E-state index contributed by atoms with van der Waals surface area (Å²) in [5, 5.41) is 8.07. The molecule has 0 aromatic carbocycles. The molecule has 2 aromatic heterocycles. The van der Waals surface area contributed by atoms with Gasteiger partial charge in [0, 0.05) is 31.9 Å². The molecule has 0 radical (unpaired) electrons. The van der Waals surface area contributed by atoms with E-state index in [-0.39, 0.29) is 23.8 Å². The van der Waals surface area contributed by atoms with Gasteiger partial charge in [0.1, 0.15) is 6.10 Å². The quantitative estimate of drug-likeness (QED) is 0.616. The minimum Gasteiger partial charge on any atom is -0.474 e. The molecule has 2 heterocycles. The summed E-state index contributed by atoms with van der Waals surface area (Å²) in [6.07, 6.45) is 8.03. The minimum absolute atomic E-state index is 0.243. The zero-order valence-corrected chi connectivity index (χ0v) is 15.1. The van der Waals surface area contributed by atoms with Crippen LogP contribution in [-0.4, -0.2) is 36.1 Å². The van der Waals surface area contributed by atoms with E-state index in [2.05, 4.69) is 20.9 Å². The lowest BCUT2D eigenvalue weighted by atomic mass is 10.3. The second kappa shape index (κ2) is 9.61. The second-order valence-corrected chi connectivity index (χ2v) is 6.37. The lowest BCUT2D eigenvalue weighted by Gasteiger charge is -2.12. The standard InChI is InChI=1S/C19H24N4O4/c24-18(16-6-3-11-26-16)20-9-10-21-19(25)23-13-14-7-8-17(22-12-14)27-15-4-1-2-5-15/h3,6-8,11-12,15H,1-2,4-5,9-10,13H2,(H,20,24)(H2,21,23,25). The first-order valence-electron chi connectivity index (χ1n) is 9.16. The average Bonchev–Trinajstić information content (AvgIpc) is 3.38. The molecule has 0 atom stereocenters. The second-order valence-electron chi connectivity index (χ2n) is 6.37. The van der Waals surface area contributed by atoms with Crippen LogP contribution in [0.4, 0.5) is 4.79 Å². The van der Waals surface area contributed by atoms with Crippen LogP contribution >= 0.6 is 0 Å². The van der Waals surface area contributed by atoms with Crippen LogP contribution in [0, 0.1) is 0 Å². The van der Waals surface area contributed by atoms with E-state index < -0.39 is 0 Å². The molecular formula is C19H24N4O4. The number of nitrogens with one attached hydrogen (secondary N) is 3. The van der Waals surface area contributed by atoms with Crippen LogP contribution < -0.4 is 20.7 Å². The Balaban J connectivity index is 1.30. The molecule has 1 aliphatic rings. The van der Waals surface area contributed by atoms with Gasteiger partial charge in [-0.1, -0.05) is 6.07 Å². The van der Waals surface area contributed by atoms with Crippen LogP contribution in [0.15, 0.2) is 41.1 Å². The van der Waals surface area contributed by atoms with Gasteiger partial charge in [-0.25, -0.2) is 9.78 Å². The fraction of sp³-hybridized carbons (Fsp3) is 0.421. The van der Waals surface area contributed by atoms with Gasteiger partial charge in [-0.2, -0.15) is 0 Å². The summed E-state index contributed by atoms with van der Waals surface area (Å²) in [5.74, 6) is 0.558. The van der Waals surface area contributed by atoms with Gasteiger partial charge in [0.2, 0.25) is 5.88 Å². The van der Waals surface area contributed by atoms with Gasteiger partial charge in [0.15, 0.2) is 5.76 Å². The zero-order valence-electron chi connectivity index (χ0n) is 15.1. The molecule has 0 unspecified atom stereocenters. The van der Waals surface area contributed by atoms with Gasteiger partial charge >= 0.3 is 6.03 Å². The Morgan fingerprint density at radius 1 is 1.11 bits per heavy atom. The maximum atomic E-state index is 11.8. The van der Waals surface area contributed by atoms with Gasteiger partial charge in [0.05, 0.1) is 6.26 Å². The van der Waals surface area contributed by atoms with Crippen LogP contribution in [0.25, 0.3) is 0 Å². The van der Waals surface area contributed by atoms with E-state index in [0.29, 0.717) is 25.5 Å². The van der Waals surface area contributed by atoms with Crippen molar-refractivity contribution >= 4 is 11.9 Å². The maximum absolute atomic E-state index is 11.8. The molecule has 2 aromatic rings. The van der Waals surface area contributed by atoms with Crippen molar-refractivity contribution < 1.29 is 18.7 Å². The van der Waals surface area contributed by atoms with Crippen LogP contribution in [-0.2, 0) is 6.54 Å². The third-order valence-electron chi connectivity index (χ3n) is 4.28. The number of amides is 3. The third kappa shape index (κ3) is 6.02. The minimum atomic E-state index is -0.312. The number of nitrogens with zero attached hydrogens (tertiary/aromatic N) is 1. The van der Waals surface area contributed by atoms with Gasteiger partial charge in [-0.3, -0.25) is 4.79 Å². The highest BCUT2D eigenvalue weighted by Crippen LogP contribution is 2.22. The van der Waals surface area contributed by atoms with Gasteiger partial charge in [0.25, 0.3) is 5.91 Å². The molecule has 8 nitrogen and oxygen atoms in total. The molecular weight excluding hydrogens is 348 g/mol. The van der Waals surface area contributed by atoms with Crippen molar-refractivity contribution in [1.82, 2.24) is 20.9 Å². The topological polar surface area (TPSA) is 105 Å². The van der Waals surface area contributed by atoms with Crippen molar-refractivity contribution in [2.45, 2.75) is 38.3 Å². The number of aromatic nitrogens is 1. The molecule has 3 amide bonds. The number of ether oxygens (including phenoxy) is 1. The fourth-order valence-corrected chi connectivity index (χ4v) is 2.85. The van der Waals surface area contributed by atoms with E-state index >= 15 is 0 Å². The van der Waals surface area contributed by atoms with E-state index in [1.54, 1.807) is 18.3 Å². The summed E-state index contributed by atoms with van der Waals surface area (Å²) < 4.78 is 10.8. The van der Waals surface area contributed by atoms with Crippen molar-refractivity contribution in [2.75, 3.05) is 13.1 Å². The van der Waals surface area contributed by atoms with Crippen molar-refractivity contribution in [1.29, 1.82) is 0 Å². The molecule has 1 aliphatic carbocycles. The molecule has 0 saturated heterocycles. The Morgan fingerprint density at radius 3 is 2.63 bits per heavy atom. The van der Waals surface area contributed by atoms with Gasteiger partial charge in [-0.05, 0) is 43.4 Å². The van der Waals surface area contributed by atoms with Crippen LogP contribution in [0.3, 0.4) is 0 Å². The summed E-state index contributed by atoms with van der Waals surface area (Å²) in [7, 11) is 0. The van der Waals surface area contributed by atoms with E-state index in [0.717, 1.165) is 18.4 Å². The predicted molar refractivity (Wildman–Crippen MR) is 98.4 cm³/mol. The average molecular weight is 372 g/mol. The van der Waals surface area contributed by atoms with E-state index in [4.69, 9.17) is 9.15 Å². The Bertz CT molecular complexity index is 725. The highest BCUT2D eigenvalue weighted by Gasteiger charge is 2.16. The first-order valence-corrected chi connectivity index (χ1v) is 9.16. The molecule has 0 aliphatic heterocycles. The monoisotopic (exact) mass is 372 g/mol. The lowest BCUT2D eigenvalue weighted by Crippen LogP contribution is -2.40. The van der Waals surface area contributed by atoms with Crippen molar-refractivity contribution in [3.05, 3.63) is 48.0 Å². The number of hydrogen-bond acceptors (Lipinski definition) is 5. The number of carbonyl (C=O) groups is 2. The fourth-order valence-electron chi connectivity index (χ4n) is 2.85. The molecule has 0 bridgehead atoms. The summed E-state index contributed by atoms with van der Waals surface area (Å²) >= 11 is 0. The van der Waals surface area contributed by atoms with Crippen molar-refractivity contribution in [3.8, 4) is 5.88 Å². The van der Waals surface area contributed by atoms with E-state index in [1.165, 1.54) is 19.1 Å². The predicted octanol–water partition coefficient (Wildman–Crippen LogP) is 2.23. The Hall–Kier alpha value is -3.03. The van der Waals surface area contributed by atoms with E-state index in [1.807, 2.05) is 12.1 Å². The highest BCUT2D eigenvalue weighted by molar-refractivity contribution is 5.91. The Morgan fingerprint density at radius 2 is 1.93 bits per heavy atom. The van der Waals surface area contributed by atoms with Crippen molar-refractivity contribution in [3.63, 3.8) is 0 Å². The normalized spacial score (nSPS) is 13.9. The van der Waals surface area contributed by atoms with Gasteiger partial charge < -0.3 is 25.1 Å². The Kier molecular flexibility index (Phi) is 6.67. The van der Waals surface area contributed by atoms with Crippen LogP contribution in [0.1, 0.15) is 41.8 Å². The number of hydrogen-bond donors (Lipinski definition) is 3.